The van der Waals surface area contributed by atoms with Crippen molar-refractivity contribution < 1.29 is 0 Å². The quantitative estimate of drug-likeness (QED) is 0.533. The predicted molar refractivity (Wildman–Crippen MR) is 51.7 cm³/mol. The molecule has 0 aromatic carbocycles. The van der Waals surface area contributed by atoms with Gasteiger partial charge in [-0.15, -0.1) is 0 Å². The number of nitrogens with zero attached hydrogens (tertiary/aromatic N) is 2. The Morgan fingerprint density at radius 2 is 2.25 bits per heavy atom. The lowest BCUT2D eigenvalue weighted by molar-refractivity contribution is 0.261. The molecule has 1 saturated carbocycles. The SMILES string of the molecule is CN=C1CCC2CCN(C)C2C1. The molecule has 2 rings (SSSR count). The maximum atomic E-state index is 4.33. The Morgan fingerprint density at radius 3 is 3.00 bits per heavy atom. The number of likely N-dealkylation sites (tertiary alicyclic amines) is 1. The fourth-order valence-electron chi connectivity index (χ4n) is 2.65. The van der Waals surface area contributed by atoms with Crippen LogP contribution in [0, 0.1) is 5.92 Å². The lowest BCUT2D eigenvalue weighted by Gasteiger charge is -2.30. The maximum absolute atomic E-state index is 4.33. The molecule has 0 radical (unpaired) electrons. The molecule has 2 heteroatoms. The van der Waals surface area contributed by atoms with Gasteiger partial charge in [0.25, 0.3) is 0 Å². The highest BCUT2D eigenvalue weighted by molar-refractivity contribution is 5.85. The van der Waals surface area contributed by atoms with Crippen molar-refractivity contribution in [3.63, 3.8) is 0 Å². The van der Waals surface area contributed by atoms with Crippen LogP contribution in [0.1, 0.15) is 25.7 Å². The zero-order valence-electron chi connectivity index (χ0n) is 8.08. The van der Waals surface area contributed by atoms with Gasteiger partial charge in [-0.25, -0.2) is 0 Å². The van der Waals surface area contributed by atoms with E-state index in [0.29, 0.717) is 0 Å². The minimum Gasteiger partial charge on any atom is -0.303 e. The lowest BCUT2D eigenvalue weighted by atomic mass is 9.84. The van der Waals surface area contributed by atoms with Crippen molar-refractivity contribution in [2.45, 2.75) is 31.7 Å². The summed E-state index contributed by atoms with van der Waals surface area (Å²) >= 11 is 0. The van der Waals surface area contributed by atoms with E-state index in [9.17, 15) is 0 Å². The second-order valence-corrected chi connectivity index (χ2v) is 4.13. The van der Waals surface area contributed by atoms with Crippen LogP contribution in [0.25, 0.3) is 0 Å². The molecular weight excluding hydrogens is 148 g/mol. The van der Waals surface area contributed by atoms with Gasteiger partial charge in [-0.2, -0.15) is 0 Å². The molecule has 68 valence electrons. The summed E-state index contributed by atoms with van der Waals surface area (Å²) in [5, 5.41) is 0. The van der Waals surface area contributed by atoms with E-state index in [1.54, 1.807) is 0 Å². The molecule has 1 saturated heterocycles. The Balaban J connectivity index is 2.06. The van der Waals surface area contributed by atoms with Crippen LogP contribution in [0.2, 0.25) is 0 Å². The molecule has 0 spiro atoms. The minimum atomic E-state index is 0.817. The fourth-order valence-corrected chi connectivity index (χ4v) is 2.65. The van der Waals surface area contributed by atoms with Gasteiger partial charge < -0.3 is 4.90 Å². The molecular formula is C10H18N2. The van der Waals surface area contributed by atoms with Crippen LogP contribution in [0.4, 0.5) is 0 Å². The molecule has 2 atom stereocenters. The number of hydrogen-bond acceptors (Lipinski definition) is 2. The Labute approximate surface area is 74.7 Å². The highest BCUT2D eigenvalue weighted by atomic mass is 15.2. The summed E-state index contributed by atoms with van der Waals surface area (Å²) in [4.78, 5) is 6.84. The number of fused-ring (bicyclic) bond motifs is 1. The summed E-state index contributed by atoms with van der Waals surface area (Å²) in [6.45, 7) is 1.30. The topological polar surface area (TPSA) is 15.6 Å². The largest absolute Gasteiger partial charge is 0.303 e. The molecule has 12 heavy (non-hydrogen) atoms. The Bertz CT molecular complexity index is 198. The first-order valence-electron chi connectivity index (χ1n) is 4.96. The summed E-state index contributed by atoms with van der Waals surface area (Å²) < 4.78 is 0. The van der Waals surface area contributed by atoms with Gasteiger partial charge in [-0.3, -0.25) is 4.99 Å². The van der Waals surface area contributed by atoms with E-state index in [1.807, 2.05) is 7.05 Å². The molecule has 0 N–H and O–H groups in total. The molecule has 2 nitrogen and oxygen atoms in total. The summed E-state index contributed by atoms with van der Waals surface area (Å²) in [5.74, 6) is 0.973. The van der Waals surface area contributed by atoms with Crippen LogP contribution in [-0.2, 0) is 0 Å². The van der Waals surface area contributed by atoms with E-state index in [-0.39, 0.29) is 0 Å². The van der Waals surface area contributed by atoms with Gasteiger partial charge in [0.05, 0.1) is 0 Å². The fraction of sp³-hybridized carbons (Fsp3) is 0.900. The zero-order chi connectivity index (χ0) is 8.55. The van der Waals surface area contributed by atoms with E-state index in [4.69, 9.17) is 0 Å². The third kappa shape index (κ3) is 1.28. The first-order chi connectivity index (χ1) is 5.81. The van der Waals surface area contributed by atoms with Gasteiger partial charge in [-0.1, -0.05) is 0 Å². The molecule has 0 amide bonds. The third-order valence-electron chi connectivity index (χ3n) is 3.53. The molecule has 2 fully saturated rings. The Kier molecular flexibility index (Phi) is 2.18. The normalized spacial score (nSPS) is 40.3. The van der Waals surface area contributed by atoms with Gasteiger partial charge in [0.1, 0.15) is 0 Å². The predicted octanol–water partition coefficient (Wildman–Crippen LogP) is 1.56. The van der Waals surface area contributed by atoms with Gasteiger partial charge >= 0.3 is 0 Å². The summed E-state index contributed by atoms with van der Waals surface area (Å²) in [6, 6.07) is 0.817. The number of rotatable bonds is 0. The summed E-state index contributed by atoms with van der Waals surface area (Å²) in [7, 11) is 4.19. The van der Waals surface area contributed by atoms with Crippen LogP contribution < -0.4 is 0 Å². The monoisotopic (exact) mass is 166 g/mol. The lowest BCUT2D eigenvalue weighted by Crippen LogP contribution is -2.35. The smallest absolute Gasteiger partial charge is 0.0276 e. The van der Waals surface area contributed by atoms with Crippen LogP contribution in [0.15, 0.2) is 4.99 Å². The molecule has 1 heterocycles. The van der Waals surface area contributed by atoms with Gasteiger partial charge in [0, 0.05) is 25.2 Å². The molecule has 0 aromatic rings. The van der Waals surface area contributed by atoms with Crippen molar-refractivity contribution in [2.75, 3.05) is 20.6 Å². The van der Waals surface area contributed by atoms with Crippen molar-refractivity contribution in [3.8, 4) is 0 Å². The van der Waals surface area contributed by atoms with E-state index in [0.717, 1.165) is 12.0 Å². The van der Waals surface area contributed by atoms with E-state index >= 15 is 0 Å². The molecule has 2 aliphatic rings. The highest BCUT2D eigenvalue weighted by Gasteiger charge is 2.35. The zero-order valence-corrected chi connectivity index (χ0v) is 8.08. The standard InChI is InChI=1S/C10H18N2/c1-11-9-4-3-8-5-6-12(2)10(8)7-9/h8,10H,3-7H2,1-2H3. The van der Waals surface area contributed by atoms with Gasteiger partial charge in [0.15, 0.2) is 0 Å². The number of hydrogen-bond donors (Lipinski definition) is 0. The highest BCUT2D eigenvalue weighted by Crippen LogP contribution is 2.33. The molecule has 0 aromatic heterocycles. The van der Waals surface area contributed by atoms with E-state index < -0.39 is 0 Å². The molecule has 1 aliphatic carbocycles. The average Bonchev–Trinajstić information content (AvgIpc) is 2.47. The second kappa shape index (κ2) is 3.17. The van der Waals surface area contributed by atoms with E-state index in [1.165, 1.54) is 37.9 Å². The molecule has 2 unspecified atom stereocenters. The van der Waals surface area contributed by atoms with Crippen LogP contribution in [0.5, 0.6) is 0 Å². The van der Waals surface area contributed by atoms with Crippen molar-refractivity contribution in [3.05, 3.63) is 0 Å². The van der Waals surface area contributed by atoms with Crippen molar-refractivity contribution in [1.29, 1.82) is 0 Å². The van der Waals surface area contributed by atoms with Gasteiger partial charge in [0.2, 0.25) is 0 Å². The van der Waals surface area contributed by atoms with Crippen molar-refractivity contribution in [2.24, 2.45) is 10.9 Å². The van der Waals surface area contributed by atoms with Gasteiger partial charge in [-0.05, 0) is 38.8 Å². The average molecular weight is 166 g/mol. The Hall–Kier alpha value is -0.370. The third-order valence-corrected chi connectivity index (χ3v) is 3.53. The van der Waals surface area contributed by atoms with Crippen molar-refractivity contribution >= 4 is 5.71 Å². The van der Waals surface area contributed by atoms with Crippen LogP contribution >= 0.6 is 0 Å². The van der Waals surface area contributed by atoms with Crippen molar-refractivity contribution in [1.82, 2.24) is 4.90 Å². The van der Waals surface area contributed by atoms with Crippen LogP contribution in [-0.4, -0.2) is 37.3 Å². The molecule has 0 bridgehead atoms. The Morgan fingerprint density at radius 1 is 1.42 bits per heavy atom. The second-order valence-electron chi connectivity index (χ2n) is 4.13. The summed E-state index contributed by atoms with van der Waals surface area (Å²) in [6.07, 6.45) is 5.28. The summed E-state index contributed by atoms with van der Waals surface area (Å²) in [5.41, 5.74) is 1.44. The first kappa shape index (κ1) is 8.24. The maximum Gasteiger partial charge on any atom is 0.0276 e. The molecule has 1 aliphatic heterocycles. The van der Waals surface area contributed by atoms with E-state index in [2.05, 4.69) is 16.9 Å². The minimum absolute atomic E-state index is 0.817. The van der Waals surface area contributed by atoms with Crippen LogP contribution in [0.3, 0.4) is 0 Å². The number of aliphatic imine (C=N–C) groups is 1. The first-order valence-corrected chi connectivity index (χ1v) is 4.96.